The summed E-state index contributed by atoms with van der Waals surface area (Å²) in [6, 6.07) is 7.79. The summed E-state index contributed by atoms with van der Waals surface area (Å²) in [6.07, 6.45) is 1.94. The zero-order chi connectivity index (χ0) is 10.0. The Labute approximate surface area is 83.9 Å². The van der Waals surface area contributed by atoms with Crippen LogP contribution in [0, 0.1) is 0 Å². The quantitative estimate of drug-likeness (QED) is 0.668. The Morgan fingerprint density at radius 1 is 1.36 bits per heavy atom. The fraction of sp³-hybridized carbons (Fsp3) is 0.417. The van der Waals surface area contributed by atoms with Crippen LogP contribution in [-0.4, -0.2) is 19.5 Å². The molecular formula is C12H14O2. The lowest BCUT2D eigenvalue weighted by molar-refractivity contribution is 0.112. The highest BCUT2D eigenvalue weighted by atomic mass is 16.5. The van der Waals surface area contributed by atoms with Gasteiger partial charge >= 0.3 is 0 Å². The molecule has 1 aromatic carbocycles. The molecule has 1 aromatic rings. The van der Waals surface area contributed by atoms with Crippen molar-refractivity contribution < 1.29 is 9.53 Å². The van der Waals surface area contributed by atoms with Gasteiger partial charge in [-0.2, -0.15) is 0 Å². The molecule has 2 rings (SSSR count). The van der Waals surface area contributed by atoms with E-state index in [1.165, 1.54) is 5.56 Å². The molecule has 2 nitrogen and oxygen atoms in total. The Bertz CT molecular complexity index is 321. The summed E-state index contributed by atoms with van der Waals surface area (Å²) in [6.45, 7) is 3.83. The molecule has 1 heterocycles. The minimum Gasteiger partial charge on any atom is -0.381 e. The molecule has 0 radical (unpaired) electrons. The molecule has 0 aromatic heterocycles. The van der Waals surface area contributed by atoms with E-state index in [-0.39, 0.29) is 5.41 Å². The third kappa shape index (κ3) is 1.58. The molecule has 1 aliphatic rings. The molecule has 1 atom stereocenters. The average Bonchev–Trinajstić information content (AvgIpc) is 2.67. The van der Waals surface area contributed by atoms with Gasteiger partial charge in [-0.15, -0.1) is 0 Å². The van der Waals surface area contributed by atoms with E-state index in [0.717, 1.165) is 31.5 Å². The molecule has 74 valence electrons. The van der Waals surface area contributed by atoms with Crippen LogP contribution in [0.2, 0.25) is 0 Å². The maximum atomic E-state index is 10.5. The van der Waals surface area contributed by atoms with Crippen molar-refractivity contribution in [1.82, 2.24) is 0 Å². The molecule has 1 unspecified atom stereocenters. The van der Waals surface area contributed by atoms with Gasteiger partial charge in [-0.1, -0.05) is 31.2 Å². The molecule has 1 saturated heterocycles. The first-order valence-electron chi connectivity index (χ1n) is 4.88. The first kappa shape index (κ1) is 9.41. The summed E-state index contributed by atoms with van der Waals surface area (Å²) < 4.78 is 5.40. The smallest absolute Gasteiger partial charge is 0.150 e. The molecule has 0 bridgehead atoms. The van der Waals surface area contributed by atoms with Crippen LogP contribution in [-0.2, 0) is 10.2 Å². The van der Waals surface area contributed by atoms with Crippen LogP contribution in [0.1, 0.15) is 29.3 Å². The zero-order valence-corrected chi connectivity index (χ0v) is 8.32. The van der Waals surface area contributed by atoms with E-state index in [1.807, 2.05) is 24.3 Å². The molecular weight excluding hydrogens is 176 g/mol. The minimum atomic E-state index is 0.140. The van der Waals surface area contributed by atoms with Crippen molar-refractivity contribution >= 4 is 6.29 Å². The van der Waals surface area contributed by atoms with Crippen molar-refractivity contribution in [3.05, 3.63) is 35.4 Å². The largest absolute Gasteiger partial charge is 0.381 e. The summed E-state index contributed by atoms with van der Waals surface area (Å²) >= 11 is 0. The number of rotatable bonds is 2. The first-order chi connectivity index (χ1) is 6.74. The van der Waals surface area contributed by atoms with Gasteiger partial charge in [0.2, 0.25) is 0 Å². The zero-order valence-electron chi connectivity index (χ0n) is 8.32. The summed E-state index contributed by atoms with van der Waals surface area (Å²) in [5.41, 5.74) is 2.14. The Kier molecular flexibility index (Phi) is 2.38. The number of carbonyl (C=O) groups excluding carboxylic acids is 1. The molecule has 0 spiro atoms. The maximum absolute atomic E-state index is 10.5. The van der Waals surface area contributed by atoms with Crippen LogP contribution >= 0.6 is 0 Å². The highest BCUT2D eigenvalue weighted by molar-refractivity contribution is 5.74. The molecule has 1 fully saturated rings. The highest BCUT2D eigenvalue weighted by Gasteiger charge is 2.31. The van der Waals surface area contributed by atoms with Gasteiger partial charge in [-0.05, 0) is 12.0 Å². The fourth-order valence-electron chi connectivity index (χ4n) is 1.86. The van der Waals surface area contributed by atoms with E-state index in [2.05, 4.69) is 6.92 Å². The number of carbonyl (C=O) groups is 1. The summed E-state index contributed by atoms with van der Waals surface area (Å²) in [4.78, 5) is 10.5. The molecule has 2 heteroatoms. The van der Waals surface area contributed by atoms with Crippen molar-refractivity contribution in [2.45, 2.75) is 18.8 Å². The topological polar surface area (TPSA) is 26.3 Å². The monoisotopic (exact) mass is 190 g/mol. The Morgan fingerprint density at radius 3 is 2.57 bits per heavy atom. The van der Waals surface area contributed by atoms with E-state index in [1.54, 1.807) is 0 Å². The van der Waals surface area contributed by atoms with Gasteiger partial charge in [-0.3, -0.25) is 4.79 Å². The van der Waals surface area contributed by atoms with E-state index >= 15 is 0 Å². The molecule has 1 aliphatic heterocycles. The number of hydrogen-bond donors (Lipinski definition) is 0. The highest BCUT2D eigenvalue weighted by Crippen LogP contribution is 2.32. The lowest BCUT2D eigenvalue weighted by Gasteiger charge is -2.22. The van der Waals surface area contributed by atoms with Crippen LogP contribution in [0.5, 0.6) is 0 Å². The Morgan fingerprint density at radius 2 is 2.07 bits per heavy atom. The second-order valence-electron chi connectivity index (χ2n) is 4.10. The number of aldehydes is 1. The van der Waals surface area contributed by atoms with Crippen molar-refractivity contribution in [1.29, 1.82) is 0 Å². The van der Waals surface area contributed by atoms with Crippen LogP contribution in [0.4, 0.5) is 0 Å². The second kappa shape index (κ2) is 3.54. The van der Waals surface area contributed by atoms with Gasteiger partial charge in [0.1, 0.15) is 6.29 Å². The van der Waals surface area contributed by atoms with Crippen molar-refractivity contribution in [2.75, 3.05) is 13.2 Å². The molecule has 0 N–H and O–H groups in total. The van der Waals surface area contributed by atoms with Crippen LogP contribution in [0.15, 0.2) is 24.3 Å². The SMILES string of the molecule is CC1(c2ccc(C=O)cc2)CCOC1. The number of hydrogen-bond acceptors (Lipinski definition) is 2. The Hall–Kier alpha value is -1.15. The third-order valence-corrected chi connectivity index (χ3v) is 2.96. The average molecular weight is 190 g/mol. The van der Waals surface area contributed by atoms with Crippen LogP contribution in [0.3, 0.4) is 0 Å². The van der Waals surface area contributed by atoms with Crippen LogP contribution < -0.4 is 0 Å². The molecule has 14 heavy (non-hydrogen) atoms. The lowest BCUT2D eigenvalue weighted by Crippen LogP contribution is -2.21. The normalized spacial score (nSPS) is 26.4. The fourth-order valence-corrected chi connectivity index (χ4v) is 1.86. The van der Waals surface area contributed by atoms with E-state index in [0.29, 0.717) is 0 Å². The van der Waals surface area contributed by atoms with Gasteiger partial charge in [-0.25, -0.2) is 0 Å². The summed E-state index contributed by atoms with van der Waals surface area (Å²) in [5, 5.41) is 0. The number of ether oxygens (including phenoxy) is 1. The van der Waals surface area contributed by atoms with Gasteiger partial charge in [0.05, 0.1) is 6.61 Å². The molecule has 0 aliphatic carbocycles. The van der Waals surface area contributed by atoms with Crippen LogP contribution in [0.25, 0.3) is 0 Å². The van der Waals surface area contributed by atoms with E-state index in [9.17, 15) is 4.79 Å². The number of benzene rings is 1. The van der Waals surface area contributed by atoms with Gasteiger partial charge in [0.25, 0.3) is 0 Å². The molecule has 0 amide bonds. The maximum Gasteiger partial charge on any atom is 0.150 e. The van der Waals surface area contributed by atoms with E-state index < -0.39 is 0 Å². The third-order valence-electron chi connectivity index (χ3n) is 2.96. The summed E-state index contributed by atoms with van der Waals surface area (Å²) in [7, 11) is 0. The predicted octanol–water partition coefficient (Wildman–Crippen LogP) is 2.18. The van der Waals surface area contributed by atoms with E-state index in [4.69, 9.17) is 4.74 Å². The molecule has 0 saturated carbocycles. The minimum absolute atomic E-state index is 0.140. The van der Waals surface area contributed by atoms with Crippen molar-refractivity contribution in [3.8, 4) is 0 Å². The second-order valence-corrected chi connectivity index (χ2v) is 4.10. The first-order valence-corrected chi connectivity index (χ1v) is 4.88. The lowest BCUT2D eigenvalue weighted by atomic mass is 9.82. The van der Waals surface area contributed by atoms with Gasteiger partial charge < -0.3 is 4.74 Å². The Balaban J connectivity index is 2.27. The predicted molar refractivity (Wildman–Crippen MR) is 54.6 cm³/mol. The van der Waals surface area contributed by atoms with Gasteiger partial charge in [0, 0.05) is 17.6 Å². The standard InChI is InChI=1S/C12H14O2/c1-12(6-7-14-9-12)11-4-2-10(8-13)3-5-11/h2-5,8H,6-7,9H2,1H3. The van der Waals surface area contributed by atoms with Crippen molar-refractivity contribution in [2.24, 2.45) is 0 Å². The summed E-state index contributed by atoms with van der Waals surface area (Å²) in [5.74, 6) is 0. The van der Waals surface area contributed by atoms with Gasteiger partial charge in [0.15, 0.2) is 0 Å². The van der Waals surface area contributed by atoms with Crippen molar-refractivity contribution in [3.63, 3.8) is 0 Å².